The Labute approximate surface area is 111 Å². The summed E-state index contributed by atoms with van der Waals surface area (Å²) in [6.45, 7) is 1.79. The van der Waals surface area contributed by atoms with Crippen molar-refractivity contribution in [3.8, 4) is 11.5 Å². The van der Waals surface area contributed by atoms with Crippen molar-refractivity contribution < 1.29 is 23.8 Å². The highest BCUT2D eigenvalue weighted by Gasteiger charge is 2.14. The van der Waals surface area contributed by atoms with Gasteiger partial charge in [0, 0.05) is 0 Å². The summed E-state index contributed by atoms with van der Waals surface area (Å²) in [5, 5.41) is 2.46. The van der Waals surface area contributed by atoms with E-state index >= 15 is 0 Å². The van der Waals surface area contributed by atoms with Crippen LogP contribution in [0.3, 0.4) is 0 Å². The first-order valence-corrected chi connectivity index (χ1v) is 5.78. The van der Waals surface area contributed by atoms with Crippen molar-refractivity contribution >= 4 is 11.9 Å². The minimum atomic E-state index is -0.488. The molecule has 0 aromatic heterocycles. The van der Waals surface area contributed by atoms with Crippen molar-refractivity contribution in [2.24, 2.45) is 0 Å². The van der Waals surface area contributed by atoms with Gasteiger partial charge in [0.1, 0.15) is 18.0 Å². The van der Waals surface area contributed by atoms with Gasteiger partial charge in [-0.15, -0.1) is 0 Å². The molecule has 6 nitrogen and oxygen atoms in total. The number of carbonyl (C=O) groups is 2. The lowest BCUT2D eigenvalue weighted by Gasteiger charge is -2.10. The second-order valence-electron chi connectivity index (χ2n) is 3.55. The van der Waals surface area contributed by atoms with Gasteiger partial charge in [-0.1, -0.05) is 0 Å². The van der Waals surface area contributed by atoms with E-state index < -0.39 is 11.9 Å². The minimum absolute atomic E-state index is 0.187. The molecule has 0 fully saturated rings. The number of amides is 1. The quantitative estimate of drug-likeness (QED) is 0.778. The van der Waals surface area contributed by atoms with Crippen LogP contribution in [0.5, 0.6) is 11.5 Å². The zero-order chi connectivity index (χ0) is 14.3. The Morgan fingerprint density at radius 1 is 1.21 bits per heavy atom. The third-order valence-electron chi connectivity index (χ3n) is 2.35. The minimum Gasteiger partial charge on any atom is -0.497 e. The number of ether oxygens (including phenoxy) is 3. The maximum absolute atomic E-state index is 11.9. The Morgan fingerprint density at radius 2 is 1.95 bits per heavy atom. The van der Waals surface area contributed by atoms with E-state index in [2.05, 4.69) is 5.32 Å². The van der Waals surface area contributed by atoms with Crippen molar-refractivity contribution in [2.45, 2.75) is 6.92 Å². The molecule has 0 aliphatic rings. The second kappa shape index (κ2) is 7.25. The topological polar surface area (TPSA) is 73.9 Å². The van der Waals surface area contributed by atoms with Crippen molar-refractivity contribution in [3.05, 3.63) is 23.8 Å². The van der Waals surface area contributed by atoms with E-state index in [0.717, 1.165) is 0 Å². The average molecular weight is 267 g/mol. The molecule has 1 aromatic carbocycles. The van der Waals surface area contributed by atoms with Gasteiger partial charge in [0.05, 0.1) is 26.4 Å². The van der Waals surface area contributed by atoms with Crippen LogP contribution in [0.4, 0.5) is 0 Å². The fourth-order valence-corrected chi connectivity index (χ4v) is 1.45. The van der Waals surface area contributed by atoms with Crippen molar-refractivity contribution in [1.82, 2.24) is 5.32 Å². The van der Waals surface area contributed by atoms with Gasteiger partial charge in [-0.3, -0.25) is 9.59 Å². The Hall–Kier alpha value is -2.24. The summed E-state index contributed by atoms with van der Waals surface area (Å²) >= 11 is 0. The molecule has 0 bridgehead atoms. The predicted molar refractivity (Wildman–Crippen MR) is 68.5 cm³/mol. The molecule has 0 radical (unpaired) electrons. The molecule has 0 saturated heterocycles. The highest BCUT2D eigenvalue weighted by molar-refractivity contribution is 5.98. The van der Waals surface area contributed by atoms with E-state index in [1.807, 2.05) is 0 Å². The molecule has 1 N–H and O–H groups in total. The van der Waals surface area contributed by atoms with E-state index in [1.165, 1.54) is 14.2 Å². The maximum Gasteiger partial charge on any atom is 0.325 e. The van der Waals surface area contributed by atoms with Crippen molar-refractivity contribution in [3.63, 3.8) is 0 Å². The highest BCUT2D eigenvalue weighted by Crippen LogP contribution is 2.23. The molecule has 1 aromatic rings. The fraction of sp³-hybridized carbons (Fsp3) is 0.385. The third kappa shape index (κ3) is 4.17. The summed E-state index contributed by atoms with van der Waals surface area (Å²) in [6.07, 6.45) is 0. The summed E-state index contributed by atoms with van der Waals surface area (Å²) in [6, 6.07) is 4.85. The SMILES string of the molecule is CCOC(=O)CNC(=O)c1cc(OC)ccc1OC. The number of methoxy groups -OCH3 is 2. The van der Waals surface area contributed by atoms with Crippen LogP contribution in [0.15, 0.2) is 18.2 Å². The van der Waals surface area contributed by atoms with E-state index in [-0.39, 0.29) is 13.2 Å². The Balaban J connectivity index is 2.77. The van der Waals surface area contributed by atoms with Crippen LogP contribution in [-0.4, -0.2) is 39.2 Å². The first-order chi connectivity index (χ1) is 9.12. The van der Waals surface area contributed by atoms with Crippen LogP contribution < -0.4 is 14.8 Å². The van der Waals surface area contributed by atoms with Crippen LogP contribution in [0.2, 0.25) is 0 Å². The summed E-state index contributed by atoms with van der Waals surface area (Å²) in [7, 11) is 2.96. The number of hydrogen-bond donors (Lipinski definition) is 1. The van der Waals surface area contributed by atoms with Gasteiger partial charge in [-0.05, 0) is 25.1 Å². The molecule has 0 unspecified atom stereocenters. The van der Waals surface area contributed by atoms with Gasteiger partial charge in [0.25, 0.3) is 5.91 Å². The molecular weight excluding hydrogens is 250 g/mol. The van der Waals surface area contributed by atoms with Gasteiger partial charge in [-0.2, -0.15) is 0 Å². The molecule has 0 atom stereocenters. The van der Waals surface area contributed by atoms with E-state index in [1.54, 1.807) is 25.1 Å². The van der Waals surface area contributed by atoms with Crippen LogP contribution in [0.25, 0.3) is 0 Å². The lowest BCUT2D eigenvalue weighted by molar-refractivity contribution is -0.141. The summed E-state index contributed by atoms with van der Waals surface area (Å²) in [5.74, 6) is 0.0192. The number of benzene rings is 1. The molecule has 0 aliphatic heterocycles. The van der Waals surface area contributed by atoms with Gasteiger partial charge >= 0.3 is 5.97 Å². The summed E-state index contributed by atoms with van der Waals surface area (Å²) in [5.41, 5.74) is 0.297. The van der Waals surface area contributed by atoms with Gasteiger partial charge in [0.15, 0.2) is 0 Å². The molecule has 19 heavy (non-hydrogen) atoms. The van der Waals surface area contributed by atoms with Crippen LogP contribution >= 0.6 is 0 Å². The monoisotopic (exact) mass is 267 g/mol. The summed E-state index contributed by atoms with van der Waals surface area (Å²) < 4.78 is 14.8. The van der Waals surface area contributed by atoms with Crippen LogP contribution in [0, 0.1) is 0 Å². The molecule has 1 rings (SSSR count). The van der Waals surface area contributed by atoms with Gasteiger partial charge in [-0.25, -0.2) is 0 Å². The Morgan fingerprint density at radius 3 is 2.53 bits per heavy atom. The fourth-order valence-electron chi connectivity index (χ4n) is 1.45. The largest absolute Gasteiger partial charge is 0.497 e. The van der Waals surface area contributed by atoms with Crippen molar-refractivity contribution in [1.29, 1.82) is 0 Å². The molecule has 104 valence electrons. The van der Waals surface area contributed by atoms with Crippen LogP contribution in [0.1, 0.15) is 17.3 Å². The number of nitrogens with one attached hydrogen (secondary N) is 1. The normalized spacial score (nSPS) is 9.63. The average Bonchev–Trinajstić information content (AvgIpc) is 2.44. The molecule has 6 heteroatoms. The second-order valence-corrected chi connectivity index (χ2v) is 3.55. The van der Waals surface area contributed by atoms with Crippen molar-refractivity contribution in [2.75, 3.05) is 27.4 Å². The van der Waals surface area contributed by atoms with E-state index in [4.69, 9.17) is 14.2 Å². The molecule has 0 aliphatic carbocycles. The number of carbonyl (C=O) groups excluding carboxylic acids is 2. The molecular formula is C13H17NO5. The lowest BCUT2D eigenvalue weighted by Crippen LogP contribution is -2.30. The zero-order valence-corrected chi connectivity index (χ0v) is 11.2. The lowest BCUT2D eigenvalue weighted by atomic mass is 10.1. The number of hydrogen-bond acceptors (Lipinski definition) is 5. The standard InChI is InChI=1S/C13H17NO5/c1-4-19-12(15)8-14-13(16)10-7-9(17-2)5-6-11(10)18-3/h5-7H,4,8H2,1-3H3,(H,14,16). The third-order valence-corrected chi connectivity index (χ3v) is 2.35. The molecule has 1 amide bonds. The smallest absolute Gasteiger partial charge is 0.325 e. The summed E-state index contributed by atoms with van der Waals surface area (Å²) in [4.78, 5) is 23.1. The van der Waals surface area contributed by atoms with E-state index in [0.29, 0.717) is 17.1 Å². The molecule has 0 spiro atoms. The molecule has 0 saturated carbocycles. The van der Waals surface area contributed by atoms with Crippen LogP contribution in [-0.2, 0) is 9.53 Å². The maximum atomic E-state index is 11.9. The Bertz CT molecular complexity index is 458. The molecule has 0 heterocycles. The number of rotatable bonds is 6. The highest BCUT2D eigenvalue weighted by atomic mass is 16.5. The van der Waals surface area contributed by atoms with Gasteiger partial charge in [0.2, 0.25) is 0 Å². The number of esters is 1. The first-order valence-electron chi connectivity index (χ1n) is 5.78. The Kier molecular flexibility index (Phi) is 5.66. The first kappa shape index (κ1) is 14.8. The van der Waals surface area contributed by atoms with E-state index in [9.17, 15) is 9.59 Å². The zero-order valence-electron chi connectivity index (χ0n) is 11.2. The van der Waals surface area contributed by atoms with Gasteiger partial charge < -0.3 is 19.5 Å². The predicted octanol–water partition coefficient (Wildman–Crippen LogP) is 0.997.